The van der Waals surface area contributed by atoms with Crippen LogP contribution in [0.25, 0.3) is 11.3 Å². The highest BCUT2D eigenvalue weighted by Crippen LogP contribution is 2.49. The first-order valence-corrected chi connectivity index (χ1v) is 9.84. The van der Waals surface area contributed by atoms with E-state index in [2.05, 4.69) is 5.16 Å². The second-order valence-corrected chi connectivity index (χ2v) is 7.15. The van der Waals surface area contributed by atoms with Gasteiger partial charge in [0.1, 0.15) is 17.2 Å². The number of benzene rings is 1. The number of methoxy groups -OCH3 is 4. The molecule has 0 spiro atoms. The van der Waals surface area contributed by atoms with Crippen LogP contribution in [0.1, 0.15) is 41.3 Å². The van der Waals surface area contributed by atoms with Gasteiger partial charge in [-0.1, -0.05) is 5.16 Å². The fourth-order valence-electron chi connectivity index (χ4n) is 4.01. The summed E-state index contributed by atoms with van der Waals surface area (Å²) < 4.78 is 40.0. The van der Waals surface area contributed by atoms with Crippen LogP contribution < -0.4 is 9.47 Å². The quantitative estimate of drug-likeness (QED) is 0.637. The fraction of sp³-hybridized carbons (Fsp3) is 0.455. The van der Waals surface area contributed by atoms with Crippen LogP contribution >= 0.6 is 0 Å². The highest BCUT2D eigenvalue weighted by molar-refractivity contribution is 6.10. The van der Waals surface area contributed by atoms with Crippen LogP contribution in [0.4, 0.5) is 0 Å². The van der Waals surface area contributed by atoms with Crippen LogP contribution in [0.2, 0.25) is 0 Å². The number of nitrogens with zero attached hydrogens (tertiary/aromatic N) is 1. The summed E-state index contributed by atoms with van der Waals surface area (Å²) in [6.07, 6.45) is 1.68. The molecule has 31 heavy (non-hydrogen) atoms. The van der Waals surface area contributed by atoms with E-state index >= 15 is 0 Å². The minimum absolute atomic E-state index is 0.0417. The lowest BCUT2D eigenvalue weighted by atomic mass is 9.87. The number of ketones is 1. The zero-order valence-corrected chi connectivity index (χ0v) is 18.1. The van der Waals surface area contributed by atoms with Crippen molar-refractivity contribution in [1.82, 2.24) is 5.16 Å². The lowest BCUT2D eigenvalue weighted by molar-refractivity contribution is -0.183. The molecule has 1 aliphatic carbocycles. The Morgan fingerprint density at radius 2 is 1.68 bits per heavy atom. The van der Waals surface area contributed by atoms with Crippen molar-refractivity contribution in [2.24, 2.45) is 0 Å². The number of aromatic nitrogens is 1. The molecule has 0 N–H and O–H groups in total. The second-order valence-electron chi connectivity index (χ2n) is 7.15. The van der Waals surface area contributed by atoms with Crippen LogP contribution in [-0.2, 0) is 24.7 Å². The Balaban J connectivity index is 2.03. The predicted octanol–water partition coefficient (Wildman–Crippen LogP) is 3.38. The predicted molar refractivity (Wildman–Crippen MR) is 108 cm³/mol. The zero-order valence-electron chi connectivity index (χ0n) is 18.1. The first-order valence-electron chi connectivity index (χ1n) is 9.84. The number of hydrogen-bond donors (Lipinski definition) is 0. The molecule has 0 unspecified atom stereocenters. The van der Waals surface area contributed by atoms with E-state index in [1.165, 1.54) is 14.2 Å². The molecule has 0 saturated carbocycles. The fourth-order valence-corrected chi connectivity index (χ4v) is 4.01. The molecule has 1 saturated heterocycles. The molecule has 2 heterocycles. The molecular formula is C22H25NO8. The summed E-state index contributed by atoms with van der Waals surface area (Å²) in [5.41, 5.74) is 2.18. The number of fused-ring (bicyclic) bond motifs is 1. The summed E-state index contributed by atoms with van der Waals surface area (Å²) in [7, 11) is 6.07. The van der Waals surface area contributed by atoms with Gasteiger partial charge < -0.3 is 32.9 Å². The molecule has 2 aromatic rings. The maximum Gasteiger partial charge on any atom is 0.227 e. The summed E-state index contributed by atoms with van der Waals surface area (Å²) >= 11 is 0. The van der Waals surface area contributed by atoms with Gasteiger partial charge in [0.2, 0.25) is 17.3 Å². The largest absolute Gasteiger partial charge is 0.496 e. The number of rotatable bonds is 6. The number of carbonyl (C=O) groups excluding carboxylic acids is 1. The molecule has 0 radical (unpaired) electrons. The van der Waals surface area contributed by atoms with Gasteiger partial charge in [-0.3, -0.25) is 4.79 Å². The van der Waals surface area contributed by atoms with Crippen LogP contribution in [0, 0.1) is 0 Å². The van der Waals surface area contributed by atoms with Crippen LogP contribution in [0.15, 0.2) is 28.3 Å². The van der Waals surface area contributed by atoms with Gasteiger partial charge in [-0.15, -0.1) is 0 Å². The smallest absolute Gasteiger partial charge is 0.227 e. The van der Waals surface area contributed by atoms with Gasteiger partial charge in [0.15, 0.2) is 6.29 Å². The van der Waals surface area contributed by atoms with Gasteiger partial charge in [-0.05, 0) is 31.6 Å². The first-order chi connectivity index (χ1) is 15.0. The third-order valence-electron chi connectivity index (χ3n) is 5.52. The molecule has 4 rings (SSSR count). The van der Waals surface area contributed by atoms with E-state index in [0.717, 1.165) is 6.42 Å². The number of Topliss-reactive ketones (excluding diaryl/α,β-unsaturated/α-hetero) is 1. The molecule has 9 nitrogen and oxygen atoms in total. The molecule has 0 bridgehead atoms. The van der Waals surface area contributed by atoms with Crippen molar-refractivity contribution in [2.75, 3.05) is 41.7 Å². The van der Waals surface area contributed by atoms with Gasteiger partial charge in [-0.2, -0.15) is 0 Å². The minimum atomic E-state index is -1.37. The van der Waals surface area contributed by atoms with Crippen molar-refractivity contribution < 1.29 is 37.7 Å². The third-order valence-corrected chi connectivity index (χ3v) is 5.52. The standard InChI is InChI=1S/C22H25NO8/c1-12-11-22(27-4,28-5)17-18(23-31-20(17)19(12)24)15-13(25-2)7-8-14(26-3)16(15)21-29-9-6-10-30-21/h7-8,11,21H,6,9-10H2,1-5H3. The molecule has 1 fully saturated rings. The topological polar surface area (TPSA) is 98.5 Å². The van der Waals surface area contributed by atoms with Crippen LogP contribution in [-0.4, -0.2) is 52.6 Å². The van der Waals surface area contributed by atoms with E-state index in [4.69, 9.17) is 32.9 Å². The normalized spacial score (nSPS) is 18.5. The molecule has 1 aromatic heterocycles. The van der Waals surface area contributed by atoms with Gasteiger partial charge >= 0.3 is 0 Å². The van der Waals surface area contributed by atoms with Gasteiger partial charge in [0, 0.05) is 19.8 Å². The van der Waals surface area contributed by atoms with Gasteiger partial charge in [0.05, 0.1) is 44.1 Å². The van der Waals surface area contributed by atoms with E-state index in [1.807, 2.05) is 0 Å². The van der Waals surface area contributed by atoms with Crippen molar-refractivity contribution in [3.8, 4) is 22.8 Å². The highest BCUT2D eigenvalue weighted by atomic mass is 16.7. The maximum absolute atomic E-state index is 12.8. The van der Waals surface area contributed by atoms with E-state index in [-0.39, 0.29) is 11.5 Å². The Kier molecular flexibility index (Phi) is 5.85. The summed E-state index contributed by atoms with van der Waals surface area (Å²) in [6, 6.07) is 3.51. The summed E-state index contributed by atoms with van der Waals surface area (Å²) in [5.74, 6) is -0.632. The highest BCUT2D eigenvalue weighted by Gasteiger charge is 2.46. The minimum Gasteiger partial charge on any atom is -0.496 e. The summed E-state index contributed by atoms with van der Waals surface area (Å²) in [5, 5.41) is 4.25. The Bertz CT molecular complexity index is 1010. The summed E-state index contributed by atoms with van der Waals surface area (Å²) in [6.45, 7) is 2.73. The molecule has 9 heteroatoms. The van der Waals surface area contributed by atoms with Crippen molar-refractivity contribution in [2.45, 2.75) is 25.4 Å². The monoisotopic (exact) mass is 431 g/mol. The van der Waals surface area contributed by atoms with Gasteiger partial charge in [-0.25, -0.2) is 0 Å². The number of ether oxygens (including phenoxy) is 6. The van der Waals surface area contributed by atoms with Gasteiger partial charge in [0.25, 0.3) is 0 Å². The lowest BCUT2D eigenvalue weighted by Gasteiger charge is -2.32. The van der Waals surface area contributed by atoms with Crippen molar-refractivity contribution in [3.63, 3.8) is 0 Å². The summed E-state index contributed by atoms with van der Waals surface area (Å²) in [4.78, 5) is 12.8. The Morgan fingerprint density at radius 3 is 2.29 bits per heavy atom. The Labute approximate surface area is 179 Å². The van der Waals surface area contributed by atoms with Crippen LogP contribution in [0.3, 0.4) is 0 Å². The molecule has 1 aliphatic heterocycles. The molecule has 166 valence electrons. The molecule has 0 amide bonds. The van der Waals surface area contributed by atoms with Crippen molar-refractivity contribution in [3.05, 3.63) is 40.7 Å². The zero-order chi connectivity index (χ0) is 22.2. The first kappa shape index (κ1) is 21.5. The molecule has 1 aromatic carbocycles. The van der Waals surface area contributed by atoms with E-state index in [0.29, 0.717) is 52.7 Å². The third kappa shape index (κ3) is 3.34. The average Bonchev–Trinajstić information content (AvgIpc) is 3.27. The SMILES string of the molecule is COc1ccc(OC)c(C2OCCCO2)c1-c1noc2c1C(OC)(OC)C=C(C)C2=O. The molecular weight excluding hydrogens is 406 g/mol. The number of hydrogen-bond acceptors (Lipinski definition) is 9. The average molecular weight is 431 g/mol. The van der Waals surface area contributed by atoms with E-state index in [1.54, 1.807) is 39.4 Å². The lowest BCUT2D eigenvalue weighted by Crippen LogP contribution is -2.34. The Morgan fingerprint density at radius 1 is 1.03 bits per heavy atom. The Hall–Kier alpha value is -2.72. The van der Waals surface area contributed by atoms with E-state index < -0.39 is 12.1 Å². The van der Waals surface area contributed by atoms with Crippen molar-refractivity contribution >= 4 is 5.78 Å². The van der Waals surface area contributed by atoms with E-state index in [9.17, 15) is 4.79 Å². The maximum atomic E-state index is 12.8. The van der Waals surface area contributed by atoms with Crippen molar-refractivity contribution in [1.29, 1.82) is 0 Å². The number of allylic oxidation sites excluding steroid dienone is 1. The molecule has 0 atom stereocenters. The number of carbonyl (C=O) groups is 1. The second kappa shape index (κ2) is 8.43. The van der Waals surface area contributed by atoms with Crippen LogP contribution in [0.5, 0.6) is 11.5 Å². The molecule has 2 aliphatic rings.